The molecular weight excluding hydrogens is 288 g/mol. The Morgan fingerprint density at radius 1 is 1.33 bits per heavy atom. The molecule has 3 aromatic rings. The van der Waals surface area contributed by atoms with E-state index in [1.54, 1.807) is 6.20 Å². The van der Waals surface area contributed by atoms with Crippen LogP contribution in [0.2, 0.25) is 5.02 Å². The van der Waals surface area contributed by atoms with Gasteiger partial charge in [0, 0.05) is 28.6 Å². The Bertz CT molecular complexity index is 771. The van der Waals surface area contributed by atoms with Gasteiger partial charge in [-0.15, -0.1) is 0 Å². The lowest BCUT2D eigenvalue weighted by Gasteiger charge is -2.11. The Kier molecular flexibility index (Phi) is 3.86. The van der Waals surface area contributed by atoms with Crippen molar-refractivity contribution >= 4 is 22.5 Å². The third kappa shape index (κ3) is 2.62. The first kappa shape index (κ1) is 14.0. The van der Waals surface area contributed by atoms with E-state index in [1.165, 1.54) is 0 Å². The molecule has 3 rings (SSSR count). The van der Waals surface area contributed by atoms with Crippen LogP contribution in [0.4, 0.5) is 0 Å². The van der Waals surface area contributed by atoms with Crippen molar-refractivity contribution in [3.05, 3.63) is 52.8 Å². The minimum Gasteiger partial charge on any atom is -0.339 e. The van der Waals surface area contributed by atoms with Crippen LogP contribution >= 0.6 is 11.6 Å². The molecule has 0 saturated carbocycles. The summed E-state index contributed by atoms with van der Waals surface area (Å²) in [5.41, 5.74) is 7.87. The third-order valence-corrected chi connectivity index (χ3v) is 3.64. The predicted octanol–water partition coefficient (Wildman–Crippen LogP) is 3.27. The summed E-state index contributed by atoms with van der Waals surface area (Å²) in [6, 6.07) is 6.94. The summed E-state index contributed by atoms with van der Waals surface area (Å²) in [4.78, 5) is 8.72. The first-order valence-electron chi connectivity index (χ1n) is 6.82. The van der Waals surface area contributed by atoms with Crippen LogP contribution in [0.1, 0.15) is 36.7 Å². The molecule has 1 atom stereocenters. The summed E-state index contributed by atoms with van der Waals surface area (Å²) < 4.78 is 5.20. The number of fused-ring (bicyclic) bond motifs is 1. The van der Waals surface area contributed by atoms with E-state index in [9.17, 15) is 0 Å². The number of benzene rings is 1. The molecule has 6 heteroatoms. The zero-order valence-corrected chi connectivity index (χ0v) is 12.3. The van der Waals surface area contributed by atoms with Gasteiger partial charge in [0.05, 0.1) is 11.6 Å². The number of aromatic nitrogens is 3. The second-order valence-electron chi connectivity index (χ2n) is 4.81. The Morgan fingerprint density at radius 2 is 2.19 bits per heavy atom. The SMILES string of the molecule is CCCc1nc(C(N)c2ccc(Cl)c3cccnc23)no1. The Morgan fingerprint density at radius 3 is 3.00 bits per heavy atom. The standard InChI is InChI=1S/C15H15ClN4O/c1-2-4-12-19-15(20-21-12)13(17)10-6-7-11(16)9-5-3-8-18-14(9)10/h3,5-8,13H,2,4,17H2,1H3. The zero-order chi connectivity index (χ0) is 14.8. The maximum atomic E-state index is 6.27. The van der Waals surface area contributed by atoms with Crippen LogP contribution in [0.5, 0.6) is 0 Å². The molecule has 108 valence electrons. The van der Waals surface area contributed by atoms with Crippen molar-refractivity contribution in [2.24, 2.45) is 5.73 Å². The van der Waals surface area contributed by atoms with Crippen molar-refractivity contribution < 1.29 is 4.52 Å². The second kappa shape index (κ2) is 5.79. The van der Waals surface area contributed by atoms with Gasteiger partial charge in [-0.05, 0) is 24.6 Å². The van der Waals surface area contributed by atoms with Gasteiger partial charge in [-0.3, -0.25) is 4.98 Å². The molecule has 2 N–H and O–H groups in total. The Labute approximate surface area is 127 Å². The molecule has 0 aliphatic rings. The van der Waals surface area contributed by atoms with Crippen LogP contribution in [0.3, 0.4) is 0 Å². The van der Waals surface area contributed by atoms with Crippen molar-refractivity contribution in [2.45, 2.75) is 25.8 Å². The fourth-order valence-electron chi connectivity index (χ4n) is 2.26. The van der Waals surface area contributed by atoms with E-state index >= 15 is 0 Å². The molecule has 0 aliphatic heterocycles. The highest BCUT2D eigenvalue weighted by Gasteiger charge is 2.19. The molecule has 1 aromatic carbocycles. The van der Waals surface area contributed by atoms with Gasteiger partial charge in [-0.25, -0.2) is 0 Å². The molecule has 0 radical (unpaired) electrons. The van der Waals surface area contributed by atoms with E-state index in [0.717, 1.165) is 29.3 Å². The summed E-state index contributed by atoms with van der Waals surface area (Å²) >= 11 is 6.19. The maximum Gasteiger partial charge on any atom is 0.226 e. The van der Waals surface area contributed by atoms with Crippen LogP contribution in [-0.2, 0) is 6.42 Å². The van der Waals surface area contributed by atoms with Crippen molar-refractivity contribution in [1.82, 2.24) is 15.1 Å². The molecule has 1 unspecified atom stereocenters. The van der Waals surface area contributed by atoms with Crippen LogP contribution in [-0.4, -0.2) is 15.1 Å². The Hall–Kier alpha value is -1.98. The average Bonchev–Trinajstić information content (AvgIpc) is 2.96. The molecule has 5 nitrogen and oxygen atoms in total. The third-order valence-electron chi connectivity index (χ3n) is 3.31. The van der Waals surface area contributed by atoms with Gasteiger partial charge in [0.25, 0.3) is 0 Å². The highest BCUT2D eigenvalue weighted by atomic mass is 35.5. The van der Waals surface area contributed by atoms with Gasteiger partial charge in [0.2, 0.25) is 5.89 Å². The molecular formula is C15H15ClN4O. The summed E-state index contributed by atoms with van der Waals surface area (Å²) in [6.07, 6.45) is 3.41. The van der Waals surface area contributed by atoms with Crippen molar-refractivity contribution in [2.75, 3.05) is 0 Å². The van der Waals surface area contributed by atoms with E-state index in [-0.39, 0.29) is 0 Å². The quantitative estimate of drug-likeness (QED) is 0.800. The van der Waals surface area contributed by atoms with Gasteiger partial charge in [0.1, 0.15) is 0 Å². The van der Waals surface area contributed by atoms with Crippen molar-refractivity contribution in [1.29, 1.82) is 0 Å². The smallest absolute Gasteiger partial charge is 0.226 e. The van der Waals surface area contributed by atoms with Gasteiger partial charge >= 0.3 is 0 Å². The van der Waals surface area contributed by atoms with Gasteiger partial charge < -0.3 is 10.3 Å². The van der Waals surface area contributed by atoms with Crippen LogP contribution in [0.25, 0.3) is 10.9 Å². The highest BCUT2D eigenvalue weighted by Crippen LogP contribution is 2.29. The number of nitrogens with two attached hydrogens (primary N) is 1. The molecule has 0 bridgehead atoms. The topological polar surface area (TPSA) is 77.8 Å². The fourth-order valence-corrected chi connectivity index (χ4v) is 2.48. The van der Waals surface area contributed by atoms with E-state index in [2.05, 4.69) is 22.0 Å². The monoisotopic (exact) mass is 302 g/mol. The summed E-state index contributed by atoms with van der Waals surface area (Å²) in [5.74, 6) is 1.07. The molecule has 2 heterocycles. The number of rotatable bonds is 4. The average molecular weight is 303 g/mol. The Balaban J connectivity index is 2.04. The number of aryl methyl sites for hydroxylation is 1. The predicted molar refractivity (Wildman–Crippen MR) is 81.1 cm³/mol. The molecule has 0 saturated heterocycles. The van der Waals surface area contributed by atoms with E-state index in [0.29, 0.717) is 16.7 Å². The summed E-state index contributed by atoms with van der Waals surface area (Å²) in [7, 11) is 0. The molecule has 0 amide bonds. The number of hydrogen-bond acceptors (Lipinski definition) is 5. The van der Waals surface area contributed by atoms with Crippen LogP contribution < -0.4 is 5.73 Å². The van der Waals surface area contributed by atoms with Crippen LogP contribution in [0.15, 0.2) is 35.0 Å². The minimum atomic E-state index is -0.492. The molecule has 0 fully saturated rings. The van der Waals surface area contributed by atoms with Gasteiger partial charge in [-0.2, -0.15) is 4.98 Å². The van der Waals surface area contributed by atoms with Crippen molar-refractivity contribution in [3.63, 3.8) is 0 Å². The lowest BCUT2D eigenvalue weighted by atomic mass is 10.0. The van der Waals surface area contributed by atoms with Gasteiger partial charge in [-0.1, -0.05) is 29.7 Å². The first-order valence-corrected chi connectivity index (χ1v) is 7.19. The number of halogens is 1. The van der Waals surface area contributed by atoms with Crippen LogP contribution in [0, 0.1) is 0 Å². The lowest BCUT2D eigenvalue weighted by Crippen LogP contribution is -2.14. The molecule has 2 aromatic heterocycles. The molecule has 0 aliphatic carbocycles. The largest absolute Gasteiger partial charge is 0.339 e. The number of nitrogens with zero attached hydrogens (tertiary/aromatic N) is 3. The second-order valence-corrected chi connectivity index (χ2v) is 5.22. The normalized spacial score (nSPS) is 12.7. The minimum absolute atomic E-state index is 0.465. The summed E-state index contributed by atoms with van der Waals surface area (Å²) in [5, 5.41) is 5.48. The first-order chi connectivity index (χ1) is 10.2. The van der Waals surface area contributed by atoms with E-state index in [1.807, 2.05) is 24.3 Å². The number of pyridine rings is 1. The zero-order valence-electron chi connectivity index (χ0n) is 11.6. The van der Waals surface area contributed by atoms with Crippen molar-refractivity contribution in [3.8, 4) is 0 Å². The number of hydrogen-bond donors (Lipinski definition) is 1. The van der Waals surface area contributed by atoms with Gasteiger partial charge in [0.15, 0.2) is 5.82 Å². The molecule has 21 heavy (non-hydrogen) atoms. The lowest BCUT2D eigenvalue weighted by molar-refractivity contribution is 0.370. The van der Waals surface area contributed by atoms with E-state index in [4.69, 9.17) is 21.9 Å². The summed E-state index contributed by atoms with van der Waals surface area (Å²) in [6.45, 7) is 2.06. The van der Waals surface area contributed by atoms with E-state index < -0.39 is 6.04 Å². The highest BCUT2D eigenvalue weighted by molar-refractivity contribution is 6.35. The maximum absolute atomic E-state index is 6.27. The fraction of sp³-hybridized carbons (Fsp3) is 0.267. The molecule has 0 spiro atoms.